The summed E-state index contributed by atoms with van der Waals surface area (Å²) in [4.78, 5) is 41.0. The van der Waals surface area contributed by atoms with Gasteiger partial charge < -0.3 is 40.4 Å². The molecule has 0 unspecified atom stereocenters. The van der Waals surface area contributed by atoms with Gasteiger partial charge in [0.1, 0.15) is 29.6 Å². The van der Waals surface area contributed by atoms with Gasteiger partial charge in [-0.05, 0) is 35.4 Å². The van der Waals surface area contributed by atoms with Crippen molar-refractivity contribution >= 4 is 100 Å². The monoisotopic (exact) mass is 1120 g/mol. The molecule has 4 aromatic carbocycles. The summed E-state index contributed by atoms with van der Waals surface area (Å²) in [5, 5.41) is 45.3. The first kappa shape index (κ1) is 57.3. The number of rotatable bonds is 10. The normalized spacial score (nSPS) is 14.3. The average molecular weight is 1120 g/mol. The number of aliphatic hydroxyl groups excluding tert-OH is 4. The van der Waals surface area contributed by atoms with Gasteiger partial charge in [-0.1, -0.05) is 22.7 Å². The summed E-state index contributed by atoms with van der Waals surface area (Å²) in [6, 6.07) is 7.42. The first-order valence-corrected chi connectivity index (χ1v) is 24.8. The molecule has 74 heavy (non-hydrogen) atoms. The fraction of sp³-hybridized carbons (Fsp3) is 0.326. The van der Waals surface area contributed by atoms with Crippen LogP contribution in [-0.4, -0.2) is 140 Å². The topological polar surface area (TPSA) is 204 Å². The van der Waals surface area contributed by atoms with Crippen molar-refractivity contribution < 1.29 is 65.1 Å². The highest BCUT2D eigenvalue weighted by molar-refractivity contribution is 7.22. The van der Waals surface area contributed by atoms with Gasteiger partial charge in [0.2, 0.25) is 0 Å². The van der Waals surface area contributed by atoms with Gasteiger partial charge in [0.25, 0.3) is 0 Å². The van der Waals surface area contributed by atoms with E-state index in [1.54, 1.807) is 9.80 Å². The second-order valence-electron chi connectivity index (χ2n) is 16.0. The zero-order chi connectivity index (χ0) is 53.6. The highest BCUT2D eigenvalue weighted by Crippen LogP contribution is 2.31. The molecule has 398 valence electrons. The first-order valence-electron chi connectivity index (χ1n) is 22.1. The number of nitrogens with zero attached hydrogens (tertiary/aromatic N) is 7. The van der Waals surface area contributed by atoms with Crippen LogP contribution in [0.4, 0.5) is 66.4 Å². The molecule has 3 amide bonds. The Morgan fingerprint density at radius 3 is 1.47 bits per heavy atom. The molecule has 0 radical (unpaired) electrons. The van der Waals surface area contributed by atoms with E-state index in [0.717, 1.165) is 78.2 Å². The average Bonchev–Trinajstić information content (AvgIpc) is 4.15. The molecule has 2 saturated heterocycles. The fourth-order valence-corrected chi connectivity index (χ4v) is 9.03. The van der Waals surface area contributed by atoms with Crippen molar-refractivity contribution in [1.29, 1.82) is 0 Å². The molecule has 28 heteroatoms. The summed E-state index contributed by atoms with van der Waals surface area (Å²) in [5.74, 6) is -6.34. The molecule has 0 spiro atoms. The summed E-state index contributed by atoms with van der Waals surface area (Å²) in [6.45, 7) is 2.68. The summed E-state index contributed by atoms with van der Waals surface area (Å²) in [6.07, 6.45) is 1.71. The molecule has 0 aliphatic carbocycles. The highest BCUT2D eigenvalue weighted by atomic mass is 35.5. The molecular weight excluding hydrogens is 1080 g/mol. The molecular formula is C46H46Cl2F8N10O6S2. The molecule has 3 aromatic heterocycles. The zero-order valence-electron chi connectivity index (χ0n) is 38.5. The maximum Gasteiger partial charge on any atom is 0.333 e. The van der Waals surface area contributed by atoms with Gasteiger partial charge in [-0.2, -0.15) is 0 Å². The van der Waals surface area contributed by atoms with Crippen molar-refractivity contribution in [2.24, 2.45) is 0 Å². The van der Waals surface area contributed by atoms with E-state index in [4.69, 9.17) is 33.4 Å². The van der Waals surface area contributed by atoms with Crippen molar-refractivity contribution in [3.63, 3.8) is 0 Å². The van der Waals surface area contributed by atoms with Crippen LogP contribution in [0, 0.1) is 46.5 Å². The molecule has 9 rings (SSSR count). The van der Waals surface area contributed by atoms with Gasteiger partial charge >= 0.3 is 12.1 Å². The van der Waals surface area contributed by atoms with Crippen LogP contribution in [0.15, 0.2) is 67.3 Å². The zero-order valence-corrected chi connectivity index (χ0v) is 41.7. The van der Waals surface area contributed by atoms with Gasteiger partial charge in [-0.15, -0.1) is 23.2 Å². The van der Waals surface area contributed by atoms with Crippen LogP contribution < -0.4 is 25.8 Å². The number of piperazine rings is 2. The van der Waals surface area contributed by atoms with E-state index in [-0.39, 0.29) is 82.6 Å². The Hall–Kier alpha value is -5.97. The van der Waals surface area contributed by atoms with E-state index in [1.807, 2.05) is 0 Å². The Morgan fingerprint density at radius 1 is 0.608 bits per heavy atom. The SMILES string of the molecule is ClCCl.O=C(Nc1nc2cc(F)c(F)cc2s1)N1CCN(c2cc(F)c(C[C@H](O)CO)cc2F)CC1.O=C(Nc1nc2cc(F)c(F)cc2s1)n1ccnc1.OC[C@@H](O)Cc1cc(F)c(N2CCNCC2)cc1F. The van der Waals surface area contributed by atoms with Crippen molar-refractivity contribution in [3.05, 3.63) is 125 Å². The Kier molecular flexibility index (Phi) is 20.9. The number of aliphatic hydroxyl groups is 4. The number of thiazole rings is 2. The maximum atomic E-state index is 14.6. The first-order chi connectivity index (χ1) is 35.4. The van der Waals surface area contributed by atoms with Gasteiger partial charge in [0.05, 0.1) is 62.6 Å². The second-order valence-corrected chi connectivity index (χ2v) is 18.9. The molecule has 2 atom stereocenters. The third-order valence-corrected chi connectivity index (χ3v) is 12.8. The number of fused-ring (bicyclic) bond motifs is 2. The number of nitrogens with one attached hydrogen (secondary N) is 3. The number of benzene rings is 4. The Balaban J connectivity index is 0.000000186. The van der Waals surface area contributed by atoms with E-state index in [1.165, 1.54) is 34.3 Å². The quantitative estimate of drug-likeness (QED) is 0.0522. The number of hydrogen-bond acceptors (Lipinski definition) is 14. The third-order valence-electron chi connectivity index (χ3n) is 11.0. The van der Waals surface area contributed by atoms with Crippen LogP contribution >= 0.6 is 45.9 Å². The number of hydrogen-bond donors (Lipinski definition) is 7. The van der Waals surface area contributed by atoms with Crippen molar-refractivity contribution in [2.75, 3.05) is 91.3 Å². The number of anilines is 4. The summed E-state index contributed by atoms with van der Waals surface area (Å²) < 4.78 is 112. The number of urea groups is 1. The van der Waals surface area contributed by atoms with Crippen LogP contribution in [0.1, 0.15) is 11.1 Å². The van der Waals surface area contributed by atoms with Gasteiger partial charge in [-0.3, -0.25) is 15.2 Å². The second kappa shape index (κ2) is 27.0. The lowest BCUT2D eigenvalue weighted by atomic mass is 10.1. The van der Waals surface area contributed by atoms with Crippen molar-refractivity contribution in [2.45, 2.75) is 25.0 Å². The number of carbonyl (C=O) groups is 2. The van der Waals surface area contributed by atoms with E-state index < -0.39 is 84.0 Å². The van der Waals surface area contributed by atoms with E-state index >= 15 is 0 Å². The van der Waals surface area contributed by atoms with E-state index in [2.05, 4.69) is 30.9 Å². The molecule has 5 heterocycles. The minimum absolute atomic E-state index is 0.0357. The predicted molar refractivity (Wildman–Crippen MR) is 266 cm³/mol. The fourth-order valence-electron chi connectivity index (χ4n) is 7.31. The highest BCUT2D eigenvalue weighted by Gasteiger charge is 2.26. The van der Waals surface area contributed by atoms with Crippen molar-refractivity contribution in [1.82, 2.24) is 29.7 Å². The molecule has 2 aliphatic heterocycles. The predicted octanol–water partition coefficient (Wildman–Crippen LogP) is 7.65. The van der Waals surface area contributed by atoms with Crippen LogP contribution in [0.25, 0.3) is 20.4 Å². The van der Waals surface area contributed by atoms with Crippen LogP contribution in [0.5, 0.6) is 0 Å². The van der Waals surface area contributed by atoms with Crippen LogP contribution in [0.3, 0.4) is 0 Å². The lowest BCUT2D eigenvalue weighted by Gasteiger charge is -2.36. The summed E-state index contributed by atoms with van der Waals surface area (Å²) >= 11 is 11.6. The van der Waals surface area contributed by atoms with Gasteiger partial charge in [0.15, 0.2) is 33.5 Å². The molecule has 0 saturated carbocycles. The molecule has 16 nitrogen and oxygen atoms in total. The molecule has 7 aromatic rings. The number of aromatic nitrogens is 4. The lowest BCUT2D eigenvalue weighted by molar-refractivity contribution is 0.0947. The van der Waals surface area contributed by atoms with Crippen molar-refractivity contribution in [3.8, 4) is 0 Å². The van der Waals surface area contributed by atoms with Gasteiger partial charge in [0, 0.05) is 102 Å². The maximum absolute atomic E-state index is 14.6. The number of alkyl halides is 2. The van der Waals surface area contributed by atoms with Gasteiger partial charge in [-0.25, -0.2) is 59.7 Å². The number of carbonyl (C=O) groups excluding carboxylic acids is 2. The van der Waals surface area contributed by atoms with E-state index in [9.17, 15) is 54.9 Å². The third kappa shape index (κ3) is 15.3. The minimum atomic E-state index is -1.18. The summed E-state index contributed by atoms with van der Waals surface area (Å²) in [7, 11) is 0. The Morgan fingerprint density at radius 2 is 1.04 bits per heavy atom. The number of amides is 3. The smallest absolute Gasteiger partial charge is 0.333 e. The molecule has 2 aliphatic rings. The Labute approximate surface area is 434 Å². The molecule has 2 fully saturated rings. The molecule has 0 bridgehead atoms. The number of imidazole rings is 1. The minimum Gasteiger partial charge on any atom is -0.394 e. The van der Waals surface area contributed by atoms with Crippen LogP contribution in [0.2, 0.25) is 0 Å². The Bertz CT molecular complexity index is 2930. The number of halogens is 10. The van der Waals surface area contributed by atoms with Crippen LogP contribution in [-0.2, 0) is 12.8 Å². The van der Waals surface area contributed by atoms with E-state index in [0.29, 0.717) is 28.0 Å². The lowest BCUT2D eigenvalue weighted by Crippen LogP contribution is -2.50. The standard InChI is InChI=1S/C21H20F4N4O3S.C13H18F2N2O2.C11H6F2N4OS.CH2Cl2/c22-13-8-18(16(25)6-11(13)5-12(31)10-30)28-1-3-29(4-2-28)21(32)27-20-26-17-7-14(23)15(24)9-19(17)33-20;14-11-7-13(17-3-1-16-2-4-17)12(15)6-9(11)5-10(19)8-18;12-6-3-8-9(4-7(6)13)19-10(15-8)16-11(18)17-2-1-14-5-17;2-1-3/h6-9,12,30-31H,1-5,10H2,(H,26,27,32);6-7,10,16,18-19H,1-5,8H2;1-5H,(H,15,16,18);1H2/t12-;10-;;/m00../s1. The largest absolute Gasteiger partial charge is 0.394 e. The summed E-state index contributed by atoms with van der Waals surface area (Å²) in [5.41, 5.74) is 0.868. The molecule has 7 N–H and O–H groups in total.